The zero-order valence-electron chi connectivity index (χ0n) is 11.7. The monoisotopic (exact) mass is 295 g/mol. The molecule has 20 heavy (non-hydrogen) atoms. The number of carbonyl (C=O) groups excluding carboxylic acids is 1. The highest BCUT2D eigenvalue weighted by molar-refractivity contribution is 7.98. The van der Waals surface area contributed by atoms with Gasteiger partial charge in [-0.2, -0.15) is 0 Å². The molecule has 108 valence electrons. The molecule has 0 aliphatic carbocycles. The lowest BCUT2D eigenvalue weighted by atomic mass is 10.2. The third-order valence-corrected chi connectivity index (χ3v) is 4.06. The normalized spacial score (nSPS) is 18.4. The maximum atomic E-state index is 12.6. The first-order chi connectivity index (χ1) is 9.45. The van der Waals surface area contributed by atoms with Gasteiger partial charge in [-0.25, -0.2) is 14.8 Å². The summed E-state index contributed by atoms with van der Waals surface area (Å²) >= 11 is 1.37. The highest BCUT2D eigenvalue weighted by Gasteiger charge is 2.36. The van der Waals surface area contributed by atoms with E-state index in [0.29, 0.717) is 41.5 Å². The zero-order chi connectivity index (χ0) is 14.9. The van der Waals surface area contributed by atoms with E-state index in [1.165, 1.54) is 16.7 Å². The van der Waals surface area contributed by atoms with Gasteiger partial charge in [0.1, 0.15) is 16.9 Å². The molecule has 1 fully saturated rings. The van der Waals surface area contributed by atoms with Crippen molar-refractivity contribution in [3.8, 4) is 0 Å². The van der Waals surface area contributed by atoms with Crippen molar-refractivity contribution >= 4 is 23.6 Å². The molecule has 1 N–H and O–H groups in total. The molecule has 1 atom stereocenters. The summed E-state index contributed by atoms with van der Waals surface area (Å²) in [6, 6.07) is -0.738. The van der Waals surface area contributed by atoms with Crippen molar-refractivity contribution in [3.63, 3.8) is 0 Å². The number of aliphatic carboxylic acids is 1. The van der Waals surface area contributed by atoms with Gasteiger partial charge in [0.25, 0.3) is 5.91 Å². The van der Waals surface area contributed by atoms with Crippen LogP contribution in [0.5, 0.6) is 0 Å². The highest BCUT2D eigenvalue weighted by Crippen LogP contribution is 2.26. The first kappa shape index (κ1) is 14.8. The van der Waals surface area contributed by atoms with Gasteiger partial charge < -0.3 is 10.0 Å². The van der Waals surface area contributed by atoms with E-state index >= 15 is 0 Å². The molecule has 0 spiro atoms. The van der Waals surface area contributed by atoms with Gasteiger partial charge in [0.05, 0.1) is 11.3 Å². The first-order valence-corrected chi connectivity index (χ1v) is 7.61. The van der Waals surface area contributed by atoms with Crippen LogP contribution in [0.2, 0.25) is 0 Å². The summed E-state index contributed by atoms with van der Waals surface area (Å²) in [5.41, 5.74) is 1.03. The molecule has 7 heteroatoms. The Morgan fingerprint density at radius 3 is 2.65 bits per heavy atom. The fraction of sp³-hybridized carbons (Fsp3) is 0.538. The molecule has 1 saturated heterocycles. The molecule has 0 aromatic carbocycles. The van der Waals surface area contributed by atoms with Crippen molar-refractivity contribution in [3.05, 3.63) is 17.1 Å². The minimum absolute atomic E-state index is 0.281. The van der Waals surface area contributed by atoms with E-state index in [2.05, 4.69) is 9.97 Å². The van der Waals surface area contributed by atoms with Crippen LogP contribution in [0, 0.1) is 13.8 Å². The largest absolute Gasteiger partial charge is 0.480 e. The Bertz CT molecular complexity index is 562. The predicted octanol–water partition coefficient (Wildman–Crippen LogP) is 1.50. The van der Waals surface area contributed by atoms with E-state index in [1.54, 1.807) is 13.8 Å². The summed E-state index contributed by atoms with van der Waals surface area (Å²) in [6.07, 6.45) is 3.06. The van der Waals surface area contributed by atoms with Gasteiger partial charge in [-0.3, -0.25) is 4.79 Å². The predicted molar refractivity (Wildman–Crippen MR) is 75.0 cm³/mol. The fourth-order valence-electron chi connectivity index (χ4n) is 2.49. The summed E-state index contributed by atoms with van der Waals surface area (Å²) in [5.74, 6) is -0.622. The fourth-order valence-corrected chi connectivity index (χ4v) is 3.15. The van der Waals surface area contributed by atoms with Gasteiger partial charge in [-0.1, -0.05) is 0 Å². The molecule has 1 aromatic rings. The standard InChI is InChI=1S/C13H17N3O3S/c1-7-10(11(20-3)15-8(2)14-7)12(17)16-6-4-5-9(16)13(18)19/h9H,4-6H2,1-3H3,(H,18,19)/t9-/m0/s1. The van der Waals surface area contributed by atoms with Gasteiger partial charge in [0.2, 0.25) is 0 Å². The van der Waals surface area contributed by atoms with Crippen molar-refractivity contribution in [2.45, 2.75) is 37.8 Å². The van der Waals surface area contributed by atoms with Crippen LogP contribution >= 0.6 is 11.8 Å². The van der Waals surface area contributed by atoms with Gasteiger partial charge in [0.15, 0.2) is 0 Å². The molecular formula is C13H17N3O3S. The molecule has 1 aliphatic rings. The Kier molecular flexibility index (Phi) is 4.27. The molecule has 1 aromatic heterocycles. The molecule has 0 radical (unpaired) electrons. The summed E-state index contributed by atoms with van der Waals surface area (Å²) < 4.78 is 0. The second-order valence-corrected chi connectivity index (χ2v) is 5.53. The topological polar surface area (TPSA) is 83.4 Å². The number of carboxylic acid groups (broad SMARTS) is 1. The van der Waals surface area contributed by atoms with Crippen LogP contribution in [-0.4, -0.2) is 50.7 Å². The van der Waals surface area contributed by atoms with Crippen LogP contribution in [0.1, 0.15) is 34.7 Å². The van der Waals surface area contributed by atoms with Crippen molar-refractivity contribution < 1.29 is 14.7 Å². The molecule has 2 rings (SSSR count). The molecular weight excluding hydrogens is 278 g/mol. The van der Waals surface area contributed by atoms with Gasteiger partial charge in [-0.15, -0.1) is 11.8 Å². The minimum atomic E-state index is -0.952. The number of aromatic nitrogens is 2. The van der Waals surface area contributed by atoms with Crippen LogP contribution in [0.15, 0.2) is 5.03 Å². The molecule has 0 saturated carbocycles. The van der Waals surface area contributed by atoms with E-state index < -0.39 is 12.0 Å². The van der Waals surface area contributed by atoms with E-state index in [-0.39, 0.29) is 5.91 Å². The summed E-state index contributed by atoms with van der Waals surface area (Å²) in [7, 11) is 0. The Morgan fingerprint density at radius 1 is 1.35 bits per heavy atom. The highest BCUT2D eigenvalue weighted by atomic mass is 32.2. The molecule has 2 heterocycles. The van der Waals surface area contributed by atoms with Crippen molar-refractivity contribution in [2.75, 3.05) is 12.8 Å². The smallest absolute Gasteiger partial charge is 0.326 e. The van der Waals surface area contributed by atoms with Crippen LogP contribution in [0.25, 0.3) is 0 Å². The molecule has 0 bridgehead atoms. The summed E-state index contributed by atoms with van der Waals surface area (Å²) in [4.78, 5) is 33.8. The molecule has 1 amide bonds. The second kappa shape index (κ2) is 5.78. The number of nitrogens with zero attached hydrogens (tertiary/aromatic N) is 3. The number of likely N-dealkylation sites (tertiary alicyclic amines) is 1. The minimum Gasteiger partial charge on any atom is -0.480 e. The number of amides is 1. The van der Waals surface area contributed by atoms with Crippen LogP contribution < -0.4 is 0 Å². The number of carbonyl (C=O) groups is 2. The lowest BCUT2D eigenvalue weighted by molar-refractivity contribution is -0.141. The molecule has 6 nitrogen and oxygen atoms in total. The SMILES string of the molecule is CSc1nc(C)nc(C)c1C(=O)N1CCC[C@H]1C(=O)O. The Labute approximate surface area is 121 Å². The summed E-state index contributed by atoms with van der Waals surface area (Å²) in [5, 5.41) is 9.80. The van der Waals surface area contributed by atoms with Crippen molar-refractivity contribution in [1.82, 2.24) is 14.9 Å². The van der Waals surface area contributed by atoms with Crippen LogP contribution in [0.4, 0.5) is 0 Å². The molecule has 1 aliphatic heterocycles. The van der Waals surface area contributed by atoms with Gasteiger partial charge >= 0.3 is 5.97 Å². The van der Waals surface area contributed by atoms with Gasteiger partial charge in [0, 0.05) is 6.54 Å². The molecule has 0 unspecified atom stereocenters. The van der Waals surface area contributed by atoms with Crippen LogP contribution in [-0.2, 0) is 4.79 Å². The number of thioether (sulfide) groups is 1. The maximum absolute atomic E-state index is 12.6. The van der Waals surface area contributed by atoms with E-state index in [1.807, 2.05) is 6.26 Å². The first-order valence-electron chi connectivity index (χ1n) is 6.38. The number of rotatable bonds is 3. The van der Waals surface area contributed by atoms with E-state index in [9.17, 15) is 14.7 Å². The lowest BCUT2D eigenvalue weighted by Gasteiger charge is -2.23. The van der Waals surface area contributed by atoms with Crippen molar-refractivity contribution in [2.24, 2.45) is 0 Å². The quantitative estimate of drug-likeness (QED) is 0.672. The lowest BCUT2D eigenvalue weighted by Crippen LogP contribution is -2.41. The zero-order valence-corrected chi connectivity index (χ0v) is 12.5. The maximum Gasteiger partial charge on any atom is 0.326 e. The number of carboxylic acids is 1. The van der Waals surface area contributed by atoms with E-state index in [4.69, 9.17) is 0 Å². The third kappa shape index (κ3) is 2.63. The third-order valence-electron chi connectivity index (χ3n) is 3.37. The Hall–Kier alpha value is -1.63. The average molecular weight is 295 g/mol. The van der Waals surface area contributed by atoms with Gasteiger partial charge in [-0.05, 0) is 32.9 Å². The van der Waals surface area contributed by atoms with Crippen molar-refractivity contribution in [1.29, 1.82) is 0 Å². The number of hydrogen-bond donors (Lipinski definition) is 1. The number of hydrogen-bond acceptors (Lipinski definition) is 5. The van der Waals surface area contributed by atoms with E-state index in [0.717, 1.165) is 0 Å². The Morgan fingerprint density at radius 2 is 2.05 bits per heavy atom. The second-order valence-electron chi connectivity index (χ2n) is 4.74. The van der Waals surface area contributed by atoms with Crippen LogP contribution in [0.3, 0.4) is 0 Å². The summed E-state index contributed by atoms with van der Waals surface area (Å²) in [6.45, 7) is 4.00. The Balaban J connectivity index is 2.41. The average Bonchev–Trinajstić information content (AvgIpc) is 2.86. The number of aryl methyl sites for hydroxylation is 2.